The van der Waals surface area contributed by atoms with Crippen molar-refractivity contribution in [3.63, 3.8) is 0 Å². The van der Waals surface area contributed by atoms with Crippen LogP contribution in [-0.2, 0) is 11.2 Å². The fraction of sp³-hybridized carbons (Fsp3) is 0.143. The number of fused-ring (bicyclic) bond motifs is 2. The molecule has 0 saturated heterocycles. The molecule has 2 aromatic carbocycles. The molecule has 1 aliphatic heterocycles. The van der Waals surface area contributed by atoms with Crippen LogP contribution in [0.25, 0.3) is 10.9 Å². The Hall–Kier alpha value is -4.01. The molecule has 4 aromatic rings. The van der Waals surface area contributed by atoms with Crippen LogP contribution in [0, 0.1) is 5.82 Å². The van der Waals surface area contributed by atoms with Crippen LogP contribution in [0.1, 0.15) is 12.5 Å². The van der Waals surface area contributed by atoms with Gasteiger partial charge in [-0.3, -0.25) is 9.89 Å². The first-order valence-electron chi connectivity index (χ1n) is 9.54. The molecular formula is C21H18FN7O. The molecule has 5 rings (SSSR count). The number of anilines is 5. The molecule has 0 saturated carbocycles. The van der Waals surface area contributed by atoms with E-state index in [-0.39, 0.29) is 17.7 Å². The van der Waals surface area contributed by atoms with Crippen molar-refractivity contribution in [1.29, 1.82) is 0 Å². The van der Waals surface area contributed by atoms with Crippen LogP contribution < -0.4 is 15.5 Å². The Morgan fingerprint density at radius 1 is 1.23 bits per heavy atom. The zero-order valence-electron chi connectivity index (χ0n) is 16.1. The number of benzene rings is 2. The second-order valence-electron chi connectivity index (χ2n) is 6.94. The summed E-state index contributed by atoms with van der Waals surface area (Å²) in [6.45, 7) is 2.43. The van der Waals surface area contributed by atoms with Gasteiger partial charge in [-0.1, -0.05) is 6.07 Å². The van der Waals surface area contributed by atoms with Crippen molar-refractivity contribution in [3.05, 3.63) is 60.2 Å². The zero-order valence-corrected chi connectivity index (χ0v) is 16.1. The van der Waals surface area contributed by atoms with Crippen molar-refractivity contribution in [1.82, 2.24) is 20.2 Å². The highest BCUT2D eigenvalue weighted by Crippen LogP contribution is 2.32. The molecule has 0 radical (unpaired) electrons. The van der Waals surface area contributed by atoms with Crippen LogP contribution in [-0.4, -0.2) is 32.6 Å². The highest BCUT2D eigenvalue weighted by molar-refractivity contribution is 5.99. The fourth-order valence-electron chi connectivity index (χ4n) is 3.67. The minimum Gasteiger partial charge on any atom is -0.326 e. The van der Waals surface area contributed by atoms with Crippen LogP contribution in [0.3, 0.4) is 0 Å². The molecule has 30 heavy (non-hydrogen) atoms. The first-order chi connectivity index (χ1) is 14.6. The van der Waals surface area contributed by atoms with Gasteiger partial charge in [-0.2, -0.15) is 10.1 Å². The van der Waals surface area contributed by atoms with Crippen molar-refractivity contribution in [3.8, 4) is 0 Å². The van der Waals surface area contributed by atoms with E-state index in [9.17, 15) is 9.18 Å². The molecule has 0 atom stereocenters. The van der Waals surface area contributed by atoms with E-state index in [0.29, 0.717) is 13.0 Å². The number of hydrogen-bond donors (Lipinski definition) is 3. The van der Waals surface area contributed by atoms with Crippen LogP contribution in [0.15, 0.2) is 48.8 Å². The van der Waals surface area contributed by atoms with Crippen molar-refractivity contribution >= 4 is 45.6 Å². The summed E-state index contributed by atoms with van der Waals surface area (Å²) in [5, 5.41) is 13.8. The molecule has 3 heterocycles. The maximum atomic E-state index is 14.7. The first kappa shape index (κ1) is 18.0. The van der Waals surface area contributed by atoms with Crippen molar-refractivity contribution in [2.45, 2.75) is 13.3 Å². The fourth-order valence-corrected chi connectivity index (χ4v) is 3.67. The number of nitrogens with zero attached hydrogens (tertiary/aromatic N) is 4. The maximum absolute atomic E-state index is 14.7. The van der Waals surface area contributed by atoms with E-state index in [4.69, 9.17) is 0 Å². The molecule has 0 spiro atoms. The summed E-state index contributed by atoms with van der Waals surface area (Å²) >= 11 is 0. The molecule has 0 bridgehead atoms. The minimum absolute atomic E-state index is 0.0329. The Morgan fingerprint density at radius 3 is 3.00 bits per heavy atom. The normalized spacial score (nSPS) is 12.7. The van der Waals surface area contributed by atoms with Crippen molar-refractivity contribution in [2.24, 2.45) is 0 Å². The summed E-state index contributed by atoms with van der Waals surface area (Å²) < 4.78 is 14.7. The Kier molecular flexibility index (Phi) is 4.27. The van der Waals surface area contributed by atoms with Crippen molar-refractivity contribution in [2.75, 3.05) is 22.1 Å². The molecule has 2 aromatic heterocycles. The van der Waals surface area contributed by atoms with Gasteiger partial charge in [0.15, 0.2) is 11.6 Å². The number of H-pyrrole nitrogens is 1. The van der Waals surface area contributed by atoms with Gasteiger partial charge < -0.3 is 15.5 Å². The summed E-state index contributed by atoms with van der Waals surface area (Å²) in [4.78, 5) is 21.9. The van der Waals surface area contributed by atoms with E-state index < -0.39 is 5.82 Å². The molecule has 9 heteroatoms. The largest absolute Gasteiger partial charge is 0.326 e. The molecule has 3 N–H and O–H groups in total. The monoisotopic (exact) mass is 403 g/mol. The summed E-state index contributed by atoms with van der Waals surface area (Å²) in [6, 6.07) is 11.2. The third-order valence-electron chi connectivity index (χ3n) is 5.04. The van der Waals surface area contributed by atoms with Crippen LogP contribution in [0.2, 0.25) is 0 Å². The van der Waals surface area contributed by atoms with Gasteiger partial charge in [-0.25, -0.2) is 9.37 Å². The second kappa shape index (κ2) is 7.11. The smallest absolute Gasteiger partial charge is 0.229 e. The Labute approximate surface area is 171 Å². The third-order valence-corrected chi connectivity index (χ3v) is 5.04. The lowest BCUT2D eigenvalue weighted by Crippen LogP contribution is -2.20. The topological polar surface area (TPSA) is 98.8 Å². The van der Waals surface area contributed by atoms with Gasteiger partial charge in [0.2, 0.25) is 11.9 Å². The van der Waals surface area contributed by atoms with Gasteiger partial charge in [-0.05, 0) is 42.8 Å². The number of aromatic nitrogens is 4. The van der Waals surface area contributed by atoms with Gasteiger partial charge >= 0.3 is 0 Å². The first-order valence-corrected chi connectivity index (χ1v) is 9.54. The molecule has 0 fully saturated rings. The molecule has 0 aliphatic carbocycles. The predicted octanol–water partition coefficient (Wildman–Crippen LogP) is 3.89. The lowest BCUT2D eigenvalue weighted by Gasteiger charge is -2.23. The standard InChI is InChI=1S/C21H18FN7O/c1-2-29(18-5-3-4-17-14(18)10-24-28-17)20-15(22)11-23-21(27-20)25-13-6-7-16-12(8-13)9-19(30)26-16/h3-8,10-11H,2,9H2,1H3,(H,24,28)(H,26,30)(H,23,25,27). The Morgan fingerprint density at radius 2 is 2.13 bits per heavy atom. The van der Waals surface area contributed by atoms with Gasteiger partial charge in [0.25, 0.3) is 0 Å². The van der Waals surface area contributed by atoms with E-state index in [1.165, 1.54) is 0 Å². The number of hydrogen-bond acceptors (Lipinski definition) is 6. The van der Waals surface area contributed by atoms with Crippen molar-refractivity contribution < 1.29 is 9.18 Å². The summed E-state index contributed by atoms with van der Waals surface area (Å²) in [5.74, 6) is -0.121. The van der Waals surface area contributed by atoms with E-state index in [1.54, 1.807) is 11.1 Å². The number of halogens is 1. The summed E-state index contributed by atoms with van der Waals surface area (Å²) in [7, 11) is 0. The zero-order chi connectivity index (χ0) is 20.7. The van der Waals surface area contributed by atoms with Gasteiger partial charge in [0.05, 0.1) is 30.0 Å². The van der Waals surface area contributed by atoms with E-state index in [1.807, 2.05) is 43.3 Å². The van der Waals surface area contributed by atoms with Gasteiger partial charge in [0.1, 0.15) is 0 Å². The molecule has 1 amide bonds. The quantitative estimate of drug-likeness (QED) is 0.468. The summed E-state index contributed by atoms with van der Waals surface area (Å²) in [6.07, 6.45) is 3.20. The number of rotatable bonds is 5. The minimum atomic E-state index is -0.522. The highest BCUT2D eigenvalue weighted by Gasteiger charge is 2.20. The van der Waals surface area contributed by atoms with Gasteiger partial charge in [-0.15, -0.1) is 0 Å². The lowest BCUT2D eigenvalue weighted by molar-refractivity contribution is -0.115. The number of nitrogens with one attached hydrogen (secondary N) is 3. The van der Waals surface area contributed by atoms with Gasteiger partial charge in [0, 0.05) is 23.3 Å². The number of carbonyl (C=O) groups excluding carboxylic acids is 1. The molecular weight excluding hydrogens is 385 g/mol. The Bertz CT molecular complexity index is 1270. The predicted molar refractivity (Wildman–Crippen MR) is 113 cm³/mol. The average Bonchev–Trinajstić information content (AvgIpc) is 3.36. The maximum Gasteiger partial charge on any atom is 0.229 e. The van der Waals surface area contributed by atoms with Crippen LogP contribution in [0.4, 0.5) is 33.2 Å². The second-order valence-corrected chi connectivity index (χ2v) is 6.94. The molecule has 150 valence electrons. The SMILES string of the molecule is CCN(c1nc(Nc2ccc3c(c2)CC(=O)N3)ncc1F)c1cccc2[nH]ncc12. The summed E-state index contributed by atoms with van der Waals surface area (Å²) in [5.41, 5.74) is 4.09. The number of carbonyl (C=O) groups is 1. The number of aromatic amines is 1. The highest BCUT2D eigenvalue weighted by atomic mass is 19.1. The third kappa shape index (κ3) is 3.10. The lowest BCUT2D eigenvalue weighted by atomic mass is 10.1. The van der Waals surface area contributed by atoms with E-state index in [0.717, 1.165) is 39.7 Å². The average molecular weight is 403 g/mol. The number of amides is 1. The Balaban J connectivity index is 1.49. The van der Waals surface area contributed by atoms with Crippen LogP contribution in [0.5, 0.6) is 0 Å². The molecule has 1 aliphatic rings. The van der Waals surface area contributed by atoms with E-state index >= 15 is 0 Å². The van der Waals surface area contributed by atoms with Crippen LogP contribution >= 0.6 is 0 Å². The molecule has 0 unspecified atom stereocenters. The van der Waals surface area contributed by atoms with E-state index in [2.05, 4.69) is 30.8 Å². The molecule has 8 nitrogen and oxygen atoms in total.